The Morgan fingerprint density at radius 1 is 0.868 bits per heavy atom. The number of amides is 4. The molecule has 0 aromatic heterocycles. The van der Waals surface area contributed by atoms with Crippen LogP contribution in [0.3, 0.4) is 0 Å². The van der Waals surface area contributed by atoms with Gasteiger partial charge in [-0.15, -0.1) is 0 Å². The average Bonchev–Trinajstić information content (AvgIpc) is 3.71. The second-order valence-corrected chi connectivity index (χ2v) is 16.7. The fraction of sp³-hybridized carbons (Fsp3) is 0.463. The number of halogens is 2. The number of likely N-dealkylation sites (tertiary alicyclic amines) is 1. The Balaban J connectivity index is 1.14. The Kier molecular flexibility index (Phi) is 11.2. The fourth-order valence-corrected chi connectivity index (χ4v) is 8.81. The van der Waals surface area contributed by atoms with Gasteiger partial charge < -0.3 is 30.5 Å². The molecule has 3 N–H and O–H groups in total. The van der Waals surface area contributed by atoms with Gasteiger partial charge in [0.25, 0.3) is 11.8 Å². The van der Waals surface area contributed by atoms with Crippen molar-refractivity contribution in [2.75, 3.05) is 32.7 Å². The minimum Gasteiger partial charge on any atom is -0.432 e. The molecule has 282 valence electrons. The smallest absolute Gasteiger partial charge is 0.405 e. The lowest BCUT2D eigenvalue weighted by atomic mass is 9.71. The van der Waals surface area contributed by atoms with Crippen LogP contribution < -0.4 is 11.1 Å². The number of hydrogen-bond donors (Lipinski definition) is 2. The first-order valence-electron chi connectivity index (χ1n) is 18.2. The van der Waals surface area contributed by atoms with Crippen molar-refractivity contribution in [1.29, 1.82) is 0 Å². The molecule has 2 heterocycles. The first-order valence-corrected chi connectivity index (χ1v) is 19.0. The van der Waals surface area contributed by atoms with Crippen molar-refractivity contribution in [3.05, 3.63) is 105 Å². The molecule has 3 fully saturated rings. The highest BCUT2D eigenvalue weighted by atomic mass is 35.5. The molecule has 10 nitrogen and oxygen atoms in total. The maximum absolute atomic E-state index is 14.5. The average molecular weight is 763 g/mol. The number of nitrogens with two attached hydrogens (primary N) is 1. The van der Waals surface area contributed by atoms with E-state index in [0.29, 0.717) is 48.2 Å². The SMILES string of the molecule is Cc1cc(C)cc(C(=O)N2CCN(C(=O)CNC3C[C@H]4CC3CN4C(=O)C(Cc3ccccc3)(OC(N)=O)C(C)(C)C)[C@H](c3ccc(Cl)c(Cl)c3)C2)c1. The lowest BCUT2D eigenvalue weighted by molar-refractivity contribution is -0.165. The maximum atomic E-state index is 14.5. The molecule has 5 atom stereocenters. The summed E-state index contributed by atoms with van der Waals surface area (Å²) in [4.78, 5) is 60.0. The van der Waals surface area contributed by atoms with Gasteiger partial charge in [0.1, 0.15) is 0 Å². The van der Waals surface area contributed by atoms with Crippen molar-refractivity contribution in [3.63, 3.8) is 0 Å². The largest absolute Gasteiger partial charge is 0.432 e. The van der Waals surface area contributed by atoms with E-state index in [-0.39, 0.29) is 48.7 Å². The number of rotatable bonds is 9. The van der Waals surface area contributed by atoms with Gasteiger partial charge in [-0.05, 0) is 68.0 Å². The molecule has 2 saturated heterocycles. The van der Waals surface area contributed by atoms with Gasteiger partial charge in [0.2, 0.25) is 11.5 Å². The molecule has 0 radical (unpaired) electrons. The van der Waals surface area contributed by atoms with E-state index in [1.807, 2.05) is 99.0 Å². The molecular weight excluding hydrogens is 713 g/mol. The van der Waals surface area contributed by atoms with Crippen LogP contribution in [0.5, 0.6) is 0 Å². The fourth-order valence-electron chi connectivity index (χ4n) is 8.51. The highest BCUT2D eigenvalue weighted by Gasteiger charge is 2.58. The van der Waals surface area contributed by atoms with Crippen LogP contribution >= 0.6 is 23.2 Å². The Morgan fingerprint density at radius 2 is 1.57 bits per heavy atom. The van der Waals surface area contributed by atoms with Gasteiger partial charge in [0.05, 0.1) is 22.6 Å². The van der Waals surface area contributed by atoms with E-state index in [4.69, 9.17) is 33.7 Å². The summed E-state index contributed by atoms with van der Waals surface area (Å²) in [6, 6.07) is 20.2. The molecule has 3 aromatic rings. The van der Waals surface area contributed by atoms with Gasteiger partial charge in [-0.2, -0.15) is 0 Å². The zero-order chi connectivity index (χ0) is 38.2. The molecule has 6 rings (SSSR count). The Labute approximate surface area is 321 Å². The first-order chi connectivity index (χ1) is 25.1. The number of aryl methyl sites for hydroxylation is 2. The molecule has 1 aliphatic carbocycles. The highest BCUT2D eigenvalue weighted by molar-refractivity contribution is 6.42. The van der Waals surface area contributed by atoms with Gasteiger partial charge in [-0.3, -0.25) is 14.4 Å². The summed E-state index contributed by atoms with van der Waals surface area (Å²) < 4.78 is 5.82. The molecule has 2 aliphatic heterocycles. The number of nitrogens with one attached hydrogen (secondary N) is 1. The van der Waals surface area contributed by atoms with Crippen LogP contribution in [-0.2, 0) is 20.7 Å². The zero-order valence-corrected chi connectivity index (χ0v) is 32.5. The third-order valence-electron chi connectivity index (χ3n) is 11.2. The predicted octanol–water partition coefficient (Wildman–Crippen LogP) is 6.34. The summed E-state index contributed by atoms with van der Waals surface area (Å²) in [5, 5.41) is 4.31. The van der Waals surface area contributed by atoms with Gasteiger partial charge >= 0.3 is 6.09 Å². The minimum atomic E-state index is -1.50. The number of piperazine rings is 1. The summed E-state index contributed by atoms with van der Waals surface area (Å²) in [7, 11) is 0. The zero-order valence-electron chi connectivity index (χ0n) is 31.0. The third-order valence-corrected chi connectivity index (χ3v) is 12.0. The van der Waals surface area contributed by atoms with Crippen molar-refractivity contribution in [2.24, 2.45) is 17.1 Å². The molecule has 12 heteroatoms. The van der Waals surface area contributed by atoms with Crippen LogP contribution in [0.1, 0.15) is 72.3 Å². The quantitative estimate of drug-likeness (QED) is 0.263. The van der Waals surface area contributed by atoms with E-state index < -0.39 is 23.2 Å². The second-order valence-electron chi connectivity index (χ2n) is 15.9. The van der Waals surface area contributed by atoms with Gasteiger partial charge in [0.15, 0.2) is 0 Å². The molecule has 3 aromatic carbocycles. The molecule has 3 aliphatic rings. The molecule has 53 heavy (non-hydrogen) atoms. The second kappa shape index (κ2) is 15.3. The Hall–Kier alpha value is -4.12. The number of benzene rings is 3. The van der Waals surface area contributed by atoms with Gasteiger partial charge in [-0.1, -0.05) is 97.6 Å². The van der Waals surface area contributed by atoms with Crippen LogP contribution in [0.25, 0.3) is 0 Å². The summed E-state index contributed by atoms with van der Waals surface area (Å²) in [5.74, 6) is -0.279. The number of ether oxygens (including phenoxy) is 1. The van der Waals surface area contributed by atoms with E-state index in [1.54, 1.807) is 17.0 Å². The lowest BCUT2D eigenvalue weighted by Gasteiger charge is -2.46. The van der Waals surface area contributed by atoms with E-state index in [2.05, 4.69) is 5.32 Å². The molecule has 3 unspecified atom stereocenters. The summed E-state index contributed by atoms with van der Waals surface area (Å²) >= 11 is 12.7. The van der Waals surface area contributed by atoms with Crippen molar-refractivity contribution in [2.45, 2.75) is 77.6 Å². The molecule has 0 spiro atoms. The van der Waals surface area contributed by atoms with Crippen molar-refractivity contribution in [1.82, 2.24) is 20.0 Å². The predicted molar refractivity (Wildman–Crippen MR) is 206 cm³/mol. The minimum absolute atomic E-state index is 0.0269. The van der Waals surface area contributed by atoms with Crippen LogP contribution in [-0.4, -0.2) is 88.9 Å². The van der Waals surface area contributed by atoms with E-state index in [0.717, 1.165) is 28.7 Å². The van der Waals surface area contributed by atoms with Gasteiger partial charge in [0, 0.05) is 55.7 Å². The van der Waals surface area contributed by atoms with Crippen LogP contribution in [0.15, 0.2) is 66.7 Å². The maximum Gasteiger partial charge on any atom is 0.405 e. The standard InChI is InChI=1S/C41H49Cl2N5O5/c1-25-15-26(2)17-29(16-25)37(50)46-13-14-47(35(24-46)28-11-12-32(42)33(43)19-28)36(49)22-45-34-20-31-18-30(34)23-48(31)38(51)41(40(3,4)5,53-39(44)52)21-27-9-7-6-8-10-27/h6-12,15-17,19,30-31,34-35,45H,13-14,18,20-24H2,1-5H3,(H2,44,52)/t30?,31-,34?,35+,41?/m1/s1. The van der Waals surface area contributed by atoms with Gasteiger partial charge in [-0.25, -0.2) is 4.79 Å². The van der Waals surface area contributed by atoms with Crippen LogP contribution in [0.4, 0.5) is 4.79 Å². The summed E-state index contributed by atoms with van der Waals surface area (Å²) in [5.41, 5.74) is 7.69. The first kappa shape index (κ1) is 38.6. The number of hydrogen-bond acceptors (Lipinski definition) is 6. The number of carbonyl (C=O) groups excluding carboxylic acids is 4. The lowest BCUT2D eigenvalue weighted by Crippen LogP contribution is -2.63. The van der Waals surface area contributed by atoms with E-state index >= 15 is 0 Å². The molecule has 1 saturated carbocycles. The Bertz CT molecular complexity index is 1860. The number of carbonyl (C=O) groups is 4. The number of fused-ring (bicyclic) bond motifs is 2. The number of nitrogens with zero attached hydrogens (tertiary/aromatic N) is 3. The van der Waals surface area contributed by atoms with E-state index in [1.165, 1.54) is 0 Å². The molecule has 4 amide bonds. The monoisotopic (exact) mass is 761 g/mol. The molecular formula is C41H49Cl2N5O5. The van der Waals surface area contributed by atoms with E-state index in [9.17, 15) is 19.2 Å². The van der Waals surface area contributed by atoms with Crippen molar-refractivity contribution < 1.29 is 23.9 Å². The van der Waals surface area contributed by atoms with Crippen molar-refractivity contribution in [3.8, 4) is 0 Å². The van der Waals surface area contributed by atoms with Crippen LogP contribution in [0, 0.1) is 25.2 Å². The van der Waals surface area contributed by atoms with Crippen LogP contribution in [0.2, 0.25) is 10.0 Å². The molecule has 2 bridgehead atoms. The topological polar surface area (TPSA) is 125 Å². The summed E-state index contributed by atoms with van der Waals surface area (Å²) in [6.45, 7) is 11.3. The van der Waals surface area contributed by atoms with Crippen molar-refractivity contribution >= 4 is 47.0 Å². The number of piperidine rings is 1. The third kappa shape index (κ3) is 8.05. The Morgan fingerprint density at radius 3 is 2.17 bits per heavy atom. The highest BCUT2D eigenvalue weighted by Crippen LogP contribution is 2.44. The normalized spacial score (nSPS) is 22.4. The summed E-state index contributed by atoms with van der Waals surface area (Å²) in [6.07, 6.45) is 0.666. The number of primary amides is 1.